The Morgan fingerprint density at radius 3 is 2.78 bits per heavy atom. The van der Waals surface area contributed by atoms with Crippen molar-refractivity contribution in [3.63, 3.8) is 0 Å². The number of nitrogens with one attached hydrogen (secondary N) is 1. The number of hydrogen-bond donors (Lipinski definition) is 1. The number of guanidine groups is 1. The molecule has 0 atom stereocenters. The van der Waals surface area contributed by atoms with Gasteiger partial charge < -0.3 is 14.8 Å². The second kappa shape index (κ2) is 10.3. The average Bonchev–Trinajstić information content (AvgIpc) is 2.92. The van der Waals surface area contributed by atoms with Crippen LogP contribution in [0.4, 0.5) is 0 Å². The number of hydrogen-bond acceptors (Lipinski definition) is 2. The first kappa shape index (κ1) is 19.5. The second-order valence-electron chi connectivity index (χ2n) is 5.31. The predicted octanol–water partition coefficient (Wildman–Crippen LogP) is 2.68. The van der Waals surface area contributed by atoms with Gasteiger partial charge in [-0.05, 0) is 37.1 Å². The summed E-state index contributed by atoms with van der Waals surface area (Å²) in [4.78, 5) is 11.0. The highest BCUT2D eigenvalue weighted by molar-refractivity contribution is 14.0. The smallest absolute Gasteiger partial charge is 0.194 e. The number of aliphatic imine (C=N–C) groups is 1. The first-order valence-corrected chi connectivity index (χ1v) is 7.69. The van der Waals surface area contributed by atoms with E-state index in [0.717, 1.165) is 32.0 Å². The summed E-state index contributed by atoms with van der Waals surface area (Å²) in [6.07, 6.45) is 6.66. The fourth-order valence-electron chi connectivity index (χ4n) is 2.29. The maximum atomic E-state index is 4.71. The van der Waals surface area contributed by atoms with Gasteiger partial charge in [-0.3, -0.25) is 9.98 Å². The molecule has 0 aliphatic carbocycles. The Kier molecular flexibility index (Phi) is 8.68. The summed E-state index contributed by atoms with van der Waals surface area (Å²) in [5, 5.41) is 3.35. The molecule has 0 fully saturated rings. The van der Waals surface area contributed by atoms with Gasteiger partial charge in [0.2, 0.25) is 0 Å². The van der Waals surface area contributed by atoms with Gasteiger partial charge in [0.05, 0.1) is 6.54 Å². The third-order valence-electron chi connectivity index (χ3n) is 3.53. The van der Waals surface area contributed by atoms with Crippen molar-refractivity contribution in [2.45, 2.75) is 19.9 Å². The fourth-order valence-corrected chi connectivity index (χ4v) is 2.29. The van der Waals surface area contributed by atoms with E-state index in [2.05, 4.69) is 65.2 Å². The Morgan fingerprint density at radius 2 is 2.17 bits per heavy atom. The predicted molar refractivity (Wildman–Crippen MR) is 106 cm³/mol. The first-order chi connectivity index (χ1) is 10.7. The lowest BCUT2D eigenvalue weighted by molar-refractivity contribution is 0.462. The molecule has 0 aliphatic heterocycles. The van der Waals surface area contributed by atoms with Gasteiger partial charge >= 0.3 is 0 Å². The molecule has 0 saturated carbocycles. The lowest BCUT2D eigenvalue weighted by Crippen LogP contribution is -2.39. The average molecular weight is 427 g/mol. The molecule has 23 heavy (non-hydrogen) atoms. The van der Waals surface area contributed by atoms with Crippen LogP contribution in [0.25, 0.3) is 0 Å². The van der Waals surface area contributed by atoms with E-state index in [1.807, 2.05) is 12.3 Å². The number of nitrogens with zero attached hydrogens (tertiary/aromatic N) is 4. The molecule has 2 heterocycles. The highest BCUT2D eigenvalue weighted by Crippen LogP contribution is 2.04. The highest BCUT2D eigenvalue weighted by atomic mass is 127. The second-order valence-corrected chi connectivity index (χ2v) is 5.31. The SMILES string of the molecule is CCNC(=NCCc1cccnc1)N(C)Cc1cccn1C.I. The van der Waals surface area contributed by atoms with E-state index < -0.39 is 0 Å². The summed E-state index contributed by atoms with van der Waals surface area (Å²) in [6.45, 7) is 4.55. The van der Waals surface area contributed by atoms with Gasteiger partial charge in [0, 0.05) is 51.5 Å². The molecule has 0 bridgehead atoms. The van der Waals surface area contributed by atoms with Crippen LogP contribution in [-0.4, -0.2) is 40.5 Å². The van der Waals surface area contributed by atoms with E-state index in [4.69, 9.17) is 4.99 Å². The van der Waals surface area contributed by atoms with E-state index in [1.165, 1.54) is 11.3 Å². The van der Waals surface area contributed by atoms with Gasteiger partial charge in [-0.25, -0.2) is 0 Å². The van der Waals surface area contributed by atoms with Crippen molar-refractivity contribution in [1.29, 1.82) is 0 Å². The van der Waals surface area contributed by atoms with Crippen LogP contribution in [0.5, 0.6) is 0 Å². The number of aromatic nitrogens is 2. The summed E-state index contributed by atoms with van der Waals surface area (Å²) in [6, 6.07) is 8.25. The molecule has 0 aliphatic rings. The van der Waals surface area contributed by atoms with E-state index in [0.29, 0.717) is 0 Å². The summed E-state index contributed by atoms with van der Waals surface area (Å²) in [5.74, 6) is 0.938. The number of pyridine rings is 1. The molecule has 2 aromatic rings. The van der Waals surface area contributed by atoms with Crippen LogP contribution < -0.4 is 5.32 Å². The van der Waals surface area contributed by atoms with E-state index >= 15 is 0 Å². The van der Waals surface area contributed by atoms with Gasteiger partial charge in [0.15, 0.2) is 5.96 Å². The largest absolute Gasteiger partial charge is 0.357 e. The molecule has 0 unspecified atom stereocenters. The summed E-state index contributed by atoms with van der Waals surface area (Å²) < 4.78 is 2.13. The molecule has 0 saturated heterocycles. The number of aryl methyl sites for hydroxylation is 1. The zero-order valence-electron chi connectivity index (χ0n) is 14.1. The standard InChI is InChI=1S/C17H25N5.HI/c1-4-19-17(20-11-9-15-7-5-10-18-13-15)22(3)14-16-8-6-12-21(16)2;/h5-8,10,12-13H,4,9,11,14H2,1-3H3,(H,19,20);1H. The van der Waals surface area contributed by atoms with E-state index in [1.54, 1.807) is 6.20 Å². The van der Waals surface area contributed by atoms with Crippen LogP contribution in [0, 0.1) is 0 Å². The topological polar surface area (TPSA) is 45.5 Å². The fraction of sp³-hybridized carbons (Fsp3) is 0.412. The summed E-state index contributed by atoms with van der Waals surface area (Å²) >= 11 is 0. The minimum atomic E-state index is 0. The van der Waals surface area contributed by atoms with Gasteiger partial charge in [0.25, 0.3) is 0 Å². The third kappa shape index (κ3) is 6.21. The molecule has 6 heteroatoms. The highest BCUT2D eigenvalue weighted by Gasteiger charge is 2.07. The van der Waals surface area contributed by atoms with Gasteiger partial charge in [-0.1, -0.05) is 6.07 Å². The number of rotatable bonds is 6. The van der Waals surface area contributed by atoms with Crippen LogP contribution in [0.15, 0.2) is 47.8 Å². The minimum Gasteiger partial charge on any atom is -0.357 e. The van der Waals surface area contributed by atoms with Crippen molar-refractivity contribution in [2.75, 3.05) is 20.1 Å². The summed E-state index contributed by atoms with van der Waals surface area (Å²) in [7, 11) is 4.13. The molecular weight excluding hydrogens is 401 g/mol. The van der Waals surface area contributed by atoms with Crippen LogP contribution in [0.2, 0.25) is 0 Å². The molecule has 0 amide bonds. The first-order valence-electron chi connectivity index (χ1n) is 7.69. The molecule has 0 spiro atoms. The lowest BCUT2D eigenvalue weighted by Gasteiger charge is -2.22. The van der Waals surface area contributed by atoms with Crippen LogP contribution in [0.1, 0.15) is 18.2 Å². The van der Waals surface area contributed by atoms with Crippen molar-refractivity contribution in [3.8, 4) is 0 Å². The third-order valence-corrected chi connectivity index (χ3v) is 3.53. The van der Waals surface area contributed by atoms with Crippen LogP contribution in [-0.2, 0) is 20.0 Å². The van der Waals surface area contributed by atoms with Crippen molar-refractivity contribution in [2.24, 2.45) is 12.0 Å². The molecule has 0 aromatic carbocycles. The Hall–Kier alpha value is -1.57. The normalized spacial score (nSPS) is 11.0. The number of halogens is 1. The quantitative estimate of drug-likeness (QED) is 0.438. The zero-order chi connectivity index (χ0) is 15.8. The maximum Gasteiger partial charge on any atom is 0.194 e. The molecule has 1 N–H and O–H groups in total. The monoisotopic (exact) mass is 427 g/mol. The summed E-state index contributed by atoms with van der Waals surface area (Å²) in [5.41, 5.74) is 2.48. The van der Waals surface area contributed by atoms with Crippen molar-refractivity contribution < 1.29 is 0 Å². The van der Waals surface area contributed by atoms with Crippen LogP contribution in [0.3, 0.4) is 0 Å². The van der Waals surface area contributed by atoms with E-state index in [-0.39, 0.29) is 24.0 Å². The lowest BCUT2D eigenvalue weighted by atomic mass is 10.2. The minimum absolute atomic E-state index is 0. The Labute approximate surface area is 155 Å². The zero-order valence-corrected chi connectivity index (χ0v) is 16.4. The van der Waals surface area contributed by atoms with Crippen molar-refractivity contribution >= 4 is 29.9 Å². The Balaban J connectivity index is 0.00000264. The van der Waals surface area contributed by atoms with Gasteiger partial charge in [-0.2, -0.15) is 0 Å². The van der Waals surface area contributed by atoms with Crippen molar-refractivity contribution in [3.05, 3.63) is 54.1 Å². The molecular formula is C17H26IN5. The van der Waals surface area contributed by atoms with Crippen molar-refractivity contribution in [1.82, 2.24) is 19.8 Å². The molecule has 2 aromatic heterocycles. The molecule has 126 valence electrons. The molecule has 2 rings (SSSR count). The van der Waals surface area contributed by atoms with Gasteiger partial charge in [-0.15, -0.1) is 24.0 Å². The maximum absolute atomic E-state index is 4.71. The molecule has 0 radical (unpaired) electrons. The Bertz CT molecular complexity index is 594. The molecule has 5 nitrogen and oxygen atoms in total. The van der Waals surface area contributed by atoms with E-state index in [9.17, 15) is 0 Å². The Morgan fingerprint density at radius 1 is 1.35 bits per heavy atom. The van der Waals surface area contributed by atoms with Crippen LogP contribution >= 0.6 is 24.0 Å². The van der Waals surface area contributed by atoms with Gasteiger partial charge in [0.1, 0.15) is 0 Å².